The van der Waals surface area contributed by atoms with Crippen LogP contribution in [0.1, 0.15) is 12.2 Å². The average molecular weight is 303 g/mol. The van der Waals surface area contributed by atoms with Crippen LogP contribution in [0, 0.1) is 0 Å². The molecule has 0 aliphatic carbocycles. The molecule has 0 saturated carbocycles. The van der Waals surface area contributed by atoms with Crippen molar-refractivity contribution in [2.75, 3.05) is 44.1 Å². The number of nitrogens with one attached hydrogen (secondary N) is 3. The van der Waals surface area contributed by atoms with Crippen molar-refractivity contribution in [1.29, 1.82) is 0 Å². The van der Waals surface area contributed by atoms with Crippen LogP contribution in [-0.4, -0.2) is 51.9 Å². The fourth-order valence-corrected chi connectivity index (χ4v) is 1.99. The Morgan fingerprint density at radius 1 is 1.25 bits per heavy atom. The van der Waals surface area contributed by atoms with Crippen LogP contribution in [0.15, 0.2) is 6.07 Å². The summed E-state index contributed by atoms with van der Waals surface area (Å²) >= 11 is 0. The highest BCUT2D eigenvalue weighted by Crippen LogP contribution is 2.11. The normalized spacial score (nSPS) is 11.3. The Morgan fingerprint density at radius 2 is 1.95 bits per heavy atom. The van der Waals surface area contributed by atoms with Crippen LogP contribution in [0.2, 0.25) is 0 Å². The maximum Gasteiger partial charge on any atom is 0.208 e. The molecule has 0 bridgehead atoms. The molecule has 3 N–H and O–H groups in total. The summed E-state index contributed by atoms with van der Waals surface area (Å²) in [6.07, 6.45) is 1.80. The molecule has 0 aliphatic heterocycles. The molecule has 0 aliphatic rings. The Labute approximate surface area is 119 Å². The van der Waals surface area contributed by atoms with Crippen molar-refractivity contribution in [3.05, 3.63) is 11.9 Å². The first-order chi connectivity index (χ1) is 9.44. The van der Waals surface area contributed by atoms with Crippen molar-refractivity contribution < 1.29 is 13.2 Å². The zero-order valence-electron chi connectivity index (χ0n) is 11.9. The molecule has 0 unspecified atom stereocenters. The van der Waals surface area contributed by atoms with E-state index >= 15 is 0 Å². The quantitative estimate of drug-likeness (QED) is 0.552. The number of nitrogens with zero attached hydrogens (tertiary/aromatic N) is 2. The number of ether oxygens (including phenoxy) is 1. The lowest BCUT2D eigenvalue weighted by Crippen LogP contribution is -2.24. The van der Waals surface area contributed by atoms with Gasteiger partial charge in [-0.1, -0.05) is 0 Å². The van der Waals surface area contributed by atoms with Crippen LogP contribution in [-0.2, 0) is 21.4 Å². The number of aromatic nitrogens is 2. The number of anilines is 2. The first kappa shape index (κ1) is 16.6. The third-order valence-electron chi connectivity index (χ3n) is 2.33. The fourth-order valence-electron chi connectivity index (χ4n) is 1.47. The van der Waals surface area contributed by atoms with Crippen molar-refractivity contribution >= 4 is 21.7 Å². The first-order valence-corrected chi connectivity index (χ1v) is 8.07. The molecule has 1 heterocycles. The van der Waals surface area contributed by atoms with Crippen molar-refractivity contribution in [3.8, 4) is 0 Å². The highest BCUT2D eigenvalue weighted by atomic mass is 32.2. The third-order valence-corrected chi connectivity index (χ3v) is 3.05. The summed E-state index contributed by atoms with van der Waals surface area (Å²) in [5.74, 6) is 1.95. The Balaban J connectivity index is 2.48. The summed E-state index contributed by atoms with van der Waals surface area (Å²) < 4.78 is 29.2. The van der Waals surface area contributed by atoms with Gasteiger partial charge in [0, 0.05) is 33.3 Å². The van der Waals surface area contributed by atoms with E-state index < -0.39 is 10.0 Å². The second kappa shape index (κ2) is 7.98. The van der Waals surface area contributed by atoms with Crippen LogP contribution in [0.4, 0.5) is 11.6 Å². The minimum absolute atomic E-state index is 0.333. The molecule has 8 nitrogen and oxygen atoms in total. The predicted octanol–water partition coefficient (Wildman–Crippen LogP) is 0.0159. The lowest BCUT2D eigenvalue weighted by atomic mass is 10.4. The van der Waals surface area contributed by atoms with Crippen molar-refractivity contribution in [2.45, 2.75) is 13.0 Å². The van der Waals surface area contributed by atoms with Crippen molar-refractivity contribution in [3.63, 3.8) is 0 Å². The lowest BCUT2D eigenvalue weighted by molar-refractivity contribution is 0.178. The summed E-state index contributed by atoms with van der Waals surface area (Å²) in [6.45, 7) is 1.33. The highest BCUT2D eigenvalue weighted by molar-refractivity contribution is 7.88. The predicted molar refractivity (Wildman–Crippen MR) is 78.2 cm³/mol. The second-order valence-electron chi connectivity index (χ2n) is 4.18. The van der Waals surface area contributed by atoms with Crippen LogP contribution >= 0.6 is 0 Å². The molecule has 0 fully saturated rings. The highest BCUT2D eigenvalue weighted by Gasteiger charge is 2.04. The van der Waals surface area contributed by atoms with E-state index in [2.05, 4.69) is 25.3 Å². The van der Waals surface area contributed by atoms with Crippen molar-refractivity contribution in [2.24, 2.45) is 0 Å². The summed E-state index contributed by atoms with van der Waals surface area (Å²) in [5, 5.41) is 6.07. The maximum atomic E-state index is 10.9. The minimum atomic E-state index is -3.12. The van der Waals surface area contributed by atoms with Gasteiger partial charge in [0.1, 0.15) is 18.2 Å². The van der Waals surface area contributed by atoms with E-state index in [1.54, 1.807) is 20.2 Å². The molecule has 1 rings (SSSR count). The summed E-state index contributed by atoms with van der Waals surface area (Å²) in [6, 6.07) is 1.78. The monoisotopic (exact) mass is 303 g/mol. The van der Waals surface area contributed by atoms with E-state index in [4.69, 9.17) is 4.74 Å². The molecule has 114 valence electrons. The Morgan fingerprint density at radius 3 is 2.55 bits per heavy atom. The van der Waals surface area contributed by atoms with Gasteiger partial charge in [0.15, 0.2) is 5.82 Å². The number of hydrogen-bond donors (Lipinski definition) is 3. The summed E-state index contributed by atoms with van der Waals surface area (Å²) in [7, 11) is 0.235. The number of methoxy groups -OCH3 is 1. The topological polar surface area (TPSA) is 105 Å². The standard InChI is InChI=1S/C11H21N5O3S/c1-12-9-7-10(16-11(15-9)8-19-2)13-5-4-6-14-20(3,17)18/h7,14H,4-6,8H2,1-3H3,(H2,12,13,15,16). The van der Waals surface area contributed by atoms with Gasteiger partial charge in [0.05, 0.1) is 6.26 Å². The molecule has 0 saturated heterocycles. The van der Waals surface area contributed by atoms with Gasteiger partial charge < -0.3 is 15.4 Å². The third kappa shape index (κ3) is 6.64. The number of rotatable bonds is 9. The van der Waals surface area contributed by atoms with Crippen LogP contribution < -0.4 is 15.4 Å². The molecular formula is C11H21N5O3S. The van der Waals surface area contributed by atoms with E-state index in [1.807, 2.05) is 0 Å². The van der Waals surface area contributed by atoms with E-state index in [9.17, 15) is 8.42 Å². The molecule has 0 amide bonds. The van der Waals surface area contributed by atoms with Gasteiger partial charge >= 0.3 is 0 Å². The Hall–Kier alpha value is -1.45. The van der Waals surface area contributed by atoms with Gasteiger partial charge in [-0.2, -0.15) is 0 Å². The zero-order chi connectivity index (χ0) is 15.0. The lowest BCUT2D eigenvalue weighted by Gasteiger charge is -2.09. The van der Waals surface area contributed by atoms with Gasteiger partial charge in [-0.05, 0) is 6.42 Å². The Bertz CT molecular complexity index is 521. The van der Waals surface area contributed by atoms with Crippen LogP contribution in [0.25, 0.3) is 0 Å². The van der Waals surface area contributed by atoms with E-state index in [0.717, 1.165) is 6.26 Å². The van der Waals surface area contributed by atoms with E-state index in [1.165, 1.54) is 0 Å². The molecule has 0 atom stereocenters. The van der Waals surface area contributed by atoms with Crippen LogP contribution in [0.3, 0.4) is 0 Å². The summed E-state index contributed by atoms with van der Waals surface area (Å²) in [5.41, 5.74) is 0. The zero-order valence-corrected chi connectivity index (χ0v) is 12.7. The fraction of sp³-hybridized carbons (Fsp3) is 0.636. The largest absolute Gasteiger partial charge is 0.377 e. The smallest absolute Gasteiger partial charge is 0.208 e. The van der Waals surface area contributed by atoms with Gasteiger partial charge in [0.2, 0.25) is 10.0 Å². The molecule has 1 aromatic rings. The molecule has 0 radical (unpaired) electrons. The summed E-state index contributed by atoms with van der Waals surface area (Å²) in [4.78, 5) is 8.53. The van der Waals surface area contributed by atoms with E-state index in [0.29, 0.717) is 43.6 Å². The second-order valence-corrected chi connectivity index (χ2v) is 6.02. The van der Waals surface area contributed by atoms with Gasteiger partial charge in [-0.25, -0.2) is 23.1 Å². The average Bonchev–Trinajstić information content (AvgIpc) is 2.37. The maximum absolute atomic E-state index is 10.9. The molecular weight excluding hydrogens is 282 g/mol. The van der Waals surface area contributed by atoms with Gasteiger partial charge in [-0.3, -0.25) is 0 Å². The van der Waals surface area contributed by atoms with E-state index in [-0.39, 0.29) is 0 Å². The molecule has 9 heteroatoms. The number of sulfonamides is 1. The Kier molecular flexibility index (Phi) is 6.62. The SMILES string of the molecule is CNc1cc(NCCCNS(C)(=O)=O)nc(COC)n1. The first-order valence-electron chi connectivity index (χ1n) is 6.18. The number of hydrogen-bond acceptors (Lipinski definition) is 7. The van der Waals surface area contributed by atoms with Crippen LogP contribution in [0.5, 0.6) is 0 Å². The molecule has 20 heavy (non-hydrogen) atoms. The minimum Gasteiger partial charge on any atom is -0.377 e. The molecule has 0 aromatic carbocycles. The van der Waals surface area contributed by atoms with Gasteiger partial charge in [-0.15, -0.1) is 0 Å². The molecule has 1 aromatic heterocycles. The molecule has 0 spiro atoms. The van der Waals surface area contributed by atoms with Crippen molar-refractivity contribution in [1.82, 2.24) is 14.7 Å². The van der Waals surface area contributed by atoms with Gasteiger partial charge in [0.25, 0.3) is 0 Å².